The summed E-state index contributed by atoms with van der Waals surface area (Å²) in [6.07, 6.45) is 2.08. The second-order valence-electron chi connectivity index (χ2n) is 6.36. The van der Waals surface area contributed by atoms with Gasteiger partial charge in [-0.2, -0.15) is 0 Å². The number of hydrogen-bond acceptors (Lipinski definition) is 4. The summed E-state index contributed by atoms with van der Waals surface area (Å²) in [5.74, 6) is 2.30. The minimum absolute atomic E-state index is 0. The second kappa shape index (κ2) is 14.9. The van der Waals surface area contributed by atoms with Gasteiger partial charge in [0.25, 0.3) is 0 Å². The molecule has 0 radical (unpaired) electrons. The van der Waals surface area contributed by atoms with Gasteiger partial charge in [-0.3, -0.25) is 0 Å². The van der Waals surface area contributed by atoms with Crippen LogP contribution in [0, 0.1) is 5.92 Å². The van der Waals surface area contributed by atoms with E-state index in [2.05, 4.69) is 28.6 Å². The molecule has 1 heterocycles. The topological polar surface area (TPSA) is 64.1 Å². The van der Waals surface area contributed by atoms with E-state index in [0.717, 1.165) is 69.6 Å². The molecule has 1 aromatic carbocycles. The molecule has 0 amide bonds. The lowest BCUT2D eigenvalue weighted by molar-refractivity contribution is 0.0888. The fourth-order valence-corrected chi connectivity index (χ4v) is 2.76. The zero-order chi connectivity index (χ0) is 18.5. The molecule has 6 nitrogen and oxygen atoms in total. The first kappa shape index (κ1) is 24.0. The SMILES string of the molecule is CCNC(=NCc1cccc(OCC)c1)NCCCOCC1CCOC1.I. The van der Waals surface area contributed by atoms with Crippen LogP contribution in [0.15, 0.2) is 29.3 Å². The Kier molecular flexibility index (Phi) is 13.3. The fraction of sp³-hybridized carbons (Fsp3) is 0.650. The molecule has 1 aliphatic rings. The summed E-state index contributed by atoms with van der Waals surface area (Å²) in [7, 11) is 0. The largest absolute Gasteiger partial charge is 0.494 e. The van der Waals surface area contributed by atoms with Gasteiger partial charge in [0.15, 0.2) is 5.96 Å². The number of nitrogens with zero attached hydrogens (tertiary/aromatic N) is 1. The number of guanidine groups is 1. The fourth-order valence-electron chi connectivity index (χ4n) is 2.76. The third kappa shape index (κ3) is 10.2. The molecule has 0 bridgehead atoms. The molecule has 27 heavy (non-hydrogen) atoms. The number of aliphatic imine (C=N–C) groups is 1. The average Bonchev–Trinajstić information content (AvgIpc) is 3.16. The van der Waals surface area contributed by atoms with E-state index in [1.807, 2.05) is 25.1 Å². The van der Waals surface area contributed by atoms with Crippen LogP contribution in [-0.2, 0) is 16.0 Å². The van der Waals surface area contributed by atoms with Crippen molar-refractivity contribution < 1.29 is 14.2 Å². The smallest absolute Gasteiger partial charge is 0.191 e. The zero-order valence-corrected chi connectivity index (χ0v) is 18.9. The van der Waals surface area contributed by atoms with Crippen molar-refractivity contribution >= 4 is 29.9 Å². The van der Waals surface area contributed by atoms with Crippen molar-refractivity contribution in [3.05, 3.63) is 29.8 Å². The summed E-state index contributed by atoms with van der Waals surface area (Å²) in [5, 5.41) is 6.64. The molecule has 0 aliphatic carbocycles. The Labute approximate surface area is 180 Å². The van der Waals surface area contributed by atoms with E-state index in [0.29, 0.717) is 19.1 Å². The van der Waals surface area contributed by atoms with Crippen LogP contribution in [0.5, 0.6) is 5.75 Å². The molecule has 2 rings (SSSR count). The maximum Gasteiger partial charge on any atom is 0.191 e. The van der Waals surface area contributed by atoms with E-state index in [1.54, 1.807) is 0 Å². The lowest BCUT2D eigenvalue weighted by Gasteiger charge is -2.12. The number of hydrogen-bond donors (Lipinski definition) is 2. The number of halogens is 1. The summed E-state index contributed by atoms with van der Waals surface area (Å²) in [6.45, 7) is 10.3. The van der Waals surface area contributed by atoms with Gasteiger partial charge >= 0.3 is 0 Å². The predicted octanol–water partition coefficient (Wildman–Crippen LogP) is 3.20. The van der Waals surface area contributed by atoms with Crippen molar-refractivity contribution in [1.82, 2.24) is 10.6 Å². The van der Waals surface area contributed by atoms with Crippen molar-refractivity contribution in [2.45, 2.75) is 33.2 Å². The van der Waals surface area contributed by atoms with Crippen molar-refractivity contribution in [3.8, 4) is 5.75 Å². The number of ether oxygens (including phenoxy) is 3. The predicted molar refractivity (Wildman–Crippen MR) is 120 cm³/mol. The minimum atomic E-state index is 0. The van der Waals surface area contributed by atoms with Crippen LogP contribution in [0.2, 0.25) is 0 Å². The van der Waals surface area contributed by atoms with Crippen molar-refractivity contribution in [2.24, 2.45) is 10.9 Å². The molecule has 1 aromatic rings. The van der Waals surface area contributed by atoms with Crippen LogP contribution in [-0.4, -0.2) is 52.1 Å². The summed E-state index contributed by atoms with van der Waals surface area (Å²) in [4.78, 5) is 4.65. The number of rotatable bonds is 11. The summed E-state index contributed by atoms with van der Waals surface area (Å²) in [5.41, 5.74) is 1.13. The Morgan fingerprint density at radius 2 is 2.19 bits per heavy atom. The number of benzene rings is 1. The Morgan fingerprint density at radius 1 is 1.30 bits per heavy atom. The minimum Gasteiger partial charge on any atom is -0.494 e. The van der Waals surface area contributed by atoms with E-state index in [9.17, 15) is 0 Å². The molecule has 1 aliphatic heterocycles. The first-order chi connectivity index (χ1) is 12.8. The van der Waals surface area contributed by atoms with Crippen LogP contribution >= 0.6 is 24.0 Å². The molecule has 0 aromatic heterocycles. The maximum atomic E-state index is 5.73. The quantitative estimate of drug-likeness (QED) is 0.216. The van der Waals surface area contributed by atoms with Crippen molar-refractivity contribution in [3.63, 3.8) is 0 Å². The van der Waals surface area contributed by atoms with Gasteiger partial charge in [0.1, 0.15) is 5.75 Å². The molecule has 2 N–H and O–H groups in total. The Hall–Kier alpha value is -1.06. The third-order valence-electron chi connectivity index (χ3n) is 4.11. The summed E-state index contributed by atoms with van der Waals surface area (Å²) < 4.78 is 16.6. The zero-order valence-electron chi connectivity index (χ0n) is 16.5. The summed E-state index contributed by atoms with van der Waals surface area (Å²) >= 11 is 0. The highest BCUT2D eigenvalue weighted by Crippen LogP contribution is 2.14. The molecule has 1 fully saturated rings. The molecule has 0 spiro atoms. The highest BCUT2D eigenvalue weighted by Gasteiger charge is 2.15. The molecular formula is C20H34IN3O3. The molecule has 1 atom stereocenters. The van der Waals surface area contributed by atoms with Gasteiger partial charge < -0.3 is 24.8 Å². The van der Waals surface area contributed by atoms with Crippen LogP contribution < -0.4 is 15.4 Å². The molecular weight excluding hydrogens is 457 g/mol. The molecule has 7 heteroatoms. The lowest BCUT2D eigenvalue weighted by Crippen LogP contribution is -2.38. The van der Waals surface area contributed by atoms with Gasteiger partial charge in [-0.1, -0.05) is 12.1 Å². The van der Waals surface area contributed by atoms with E-state index in [1.165, 1.54) is 0 Å². The van der Waals surface area contributed by atoms with E-state index >= 15 is 0 Å². The third-order valence-corrected chi connectivity index (χ3v) is 4.11. The molecule has 1 saturated heterocycles. The lowest BCUT2D eigenvalue weighted by atomic mass is 10.1. The molecule has 0 saturated carbocycles. The first-order valence-corrected chi connectivity index (χ1v) is 9.71. The van der Waals surface area contributed by atoms with E-state index in [4.69, 9.17) is 14.2 Å². The van der Waals surface area contributed by atoms with Crippen LogP contribution in [0.25, 0.3) is 0 Å². The average molecular weight is 491 g/mol. The Bertz CT molecular complexity index is 537. The van der Waals surface area contributed by atoms with Gasteiger partial charge in [0.2, 0.25) is 0 Å². The van der Waals surface area contributed by atoms with Crippen molar-refractivity contribution in [2.75, 3.05) is 46.1 Å². The van der Waals surface area contributed by atoms with E-state index in [-0.39, 0.29) is 24.0 Å². The van der Waals surface area contributed by atoms with Gasteiger partial charge in [0, 0.05) is 32.2 Å². The van der Waals surface area contributed by atoms with Crippen LogP contribution in [0.3, 0.4) is 0 Å². The van der Waals surface area contributed by atoms with Gasteiger partial charge in [-0.25, -0.2) is 4.99 Å². The standard InChI is InChI=1S/C20H33N3O3.HI/c1-3-21-20(22-10-6-11-24-15-18-9-12-25-16-18)23-14-17-7-5-8-19(13-17)26-4-2;/h5,7-8,13,18H,3-4,6,9-12,14-16H2,1-2H3,(H2,21,22,23);1H. The Balaban J connectivity index is 0.00000364. The normalized spacial score (nSPS) is 16.7. The van der Waals surface area contributed by atoms with E-state index < -0.39 is 0 Å². The maximum absolute atomic E-state index is 5.73. The highest BCUT2D eigenvalue weighted by molar-refractivity contribution is 14.0. The first-order valence-electron chi connectivity index (χ1n) is 9.71. The molecule has 1 unspecified atom stereocenters. The Morgan fingerprint density at radius 3 is 2.93 bits per heavy atom. The van der Waals surface area contributed by atoms with Crippen LogP contribution in [0.4, 0.5) is 0 Å². The highest BCUT2D eigenvalue weighted by atomic mass is 127. The van der Waals surface area contributed by atoms with Gasteiger partial charge in [-0.05, 0) is 44.4 Å². The number of nitrogens with one attached hydrogen (secondary N) is 2. The van der Waals surface area contributed by atoms with Gasteiger partial charge in [-0.15, -0.1) is 24.0 Å². The summed E-state index contributed by atoms with van der Waals surface area (Å²) in [6, 6.07) is 8.08. The molecule has 154 valence electrons. The van der Waals surface area contributed by atoms with Crippen LogP contribution in [0.1, 0.15) is 32.3 Å². The van der Waals surface area contributed by atoms with Crippen molar-refractivity contribution in [1.29, 1.82) is 0 Å². The van der Waals surface area contributed by atoms with Gasteiger partial charge in [0.05, 0.1) is 26.4 Å². The monoisotopic (exact) mass is 491 g/mol. The second-order valence-corrected chi connectivity index (χ2v) is 6.36.